The number of carbonyl (C=O) groups excluding carboxylic acids is 2. The second kappa shape index (κ2) is 61.1. The molecule has 8 unspecified atom stereocenters. The predicted octanol–water partition coefficient (Wildman–Crippen LogP) is 18.1. The lowest BCUT2D eigenvalue weighted by molar-refractivity contribution is -0.305. The Morgan fingerprint density at radius 3 is 1.28 bits per heavy atom. The van der Waals surface area contributed by atoms with Crippen LogP contribution in [0.5, 0.6) is 0 Å². The van der Waals surface area contributed by atoms with E-state index in [1.54, 1.807) is 6.08 Å². The number of hydrogen-bond acceptors (Lipinski definition) is 10. The zero-order valence-corrected chi connectivity index (χ0v) is 54.7. The largest absolute Gasteiger partial charge is 0.454 e. The van der Waals surface area contributed by atoms with E-state index in [1.807, 2.05) is 6.08 Å². The van der Waals surface area contributed by atoms with Crippen LogP contribution in [0.4, 0.5) is 0 Å². The molecule has 0 saturated carbocycles. The van der Waals surface area contributed by atoms with Crippen LogP contribution >= 0.6 is 0 Å². The number of unbranched alkanes of at least 4 members (excludes halogenated alkanes) is 34. The third-order valence-corrected chi connectivity index (χ3v) is 16.3. The van der Waals surface area contributed by atoms with Gasteiger partial charge in [-0.1, -0.05) is 292 Å². The summed E-state index contributed by atoms with van der Waals surface area (Å²) in [6, 6.07) is -1.03. The van der Waals surface area contributed by atoms with Crippen molar-refractivity contribution in [1.29, 1.82) is 0 Å². The van der Waals surface area contributed by atoms with E-state index in [0.29, 0.717) is 12.8 Å². The standard InChI is InChI=1S/C74H131NO10/c1-4-7-10-13-16-19-22-24-26-28-30-32-33-34-36-37-39-41-43-46-49-52-55-58-61-67(78)73(82)75-65(66(77)60-57-54-51-48-45-21-18-15-12-9-6-3)64-83-74-72(71(81)70(80)68(63-76)84-74)85-69(79)62-59-56-53-50-47-44-42-40-38-35-31-29-27-25-23-20-17-14-11-8-5-2/h7,10,16,19,24-27,30,32,34,36,57,60,65-68,70-72,74,76-78,80-81H,4-6,8-9,11-15,17-18,20-23,28-29,31,33,35,37-56,58-59,61-64H2,1-3H3,(H,75,82)/b10-7-,19-16-,26-24-,27-25+,32-30-,36-34-,60-57+. The van der Waals surface area contributed by atoms with Gasteiger partial charge in [-0.2, -0.15) is 0 Å². The molecule has 0 aromatic rings. The van der Waals surface area contributed by atoms with Crippen LogP contribution in [0, 0.1) is 0 Å². The molecule has 1 amide bonds. The van der Waals surface area contributed by atoms with Crippen molar-refractivity contribution >= 4 is 11.9 Å². The first-order valence-corrected chi connectivity index (χ1v) is 35.4. The number of esters is 1. The first-order chi connectivity index (χ1) is 41.7. The zero-order chi connectivity index (χ0) is 61.7. The number of aliphatic hydroxyl groups is 5. The molecule has 8 atom stereocenters. The summed E-state index contributed by atoms with van der Waals surface area (Å²) in [5, 5.41) is 57.2. The molecule has 1 fully saturated rings. The fourth-order valence-corrected chi connectivity index (χ4v) is 10.7. The van der Waals surface area contributed by atoms with Gasteiger partial charge in [0.15, 0.2) is 12.4 Å². The minimum absolute atomic E-state index is 0.121. The molecule has 1 aliphatic heterocycles. The van der Waals surface area contributed by atoms with E-state index >= 15 is 0 Å². The van der Waals surface area contributed by atoms with Crippen LogP contribution < -0.4 is 5.32 Å². The number of carbonyl (C=O) groups is 2. The minimum atomic E-state index is -1.62. The molecule has 1 rings (SSSR count). The number of ether oxygens (including phenoxy) is 3. The van der Waals surface area contributed by atoms with Crippen LogP contribution in [0.1, 0.15) is 310 Å². The van der Waals surface area contributed by atoms with Gasteiger partial charge in [0.25, 0.3) is 0 Å². The van der Waals surface area contributed by atoms with Crippen LogP contribution in [0.2, 0.25) is 0 Å². The zero-order valence-electron chi connectivity index (χ0n) is 54.7. The maximum Gasteiger partial charge on any atom is 0.306 e. The molecule has 492 valence electrons. The number of nitrogens with one attached hydrogen (secondary N) is 1. The van der Waals surface area contributed by atoms with Gasteiger partial charge in [-0.15, -0.1) is 0 Å². The fraction of sp³-hybridized carbons (Fsp3) is 0.784. The number of hydrogen-bond donors (Lipinski definition) is 6. The van der Waals surface area contributed by atoms with Gasteiger partial charge in [0.05, 0.1) is 25.4 Å². The van der Waals surface area contributed by atoms with Crippen molar-refractivity contribution in [2.45, 2.75) is 359 Å². The Morgan fingerprint density at radius 1 is 0.471 bits per heavy atom. The van der Waals surface area contributed by atoms with E-state index < -0.39 is 67.4 Å². The lowest BCUT2D eigenvalue weighted by Gasteiger charge is -2.41. The third kappa shape index (κ3) is 48.4. The smallest absolute Gasteiger partial charge is 0.306 e. The highest BCUT2D eigenvalue weighted by atomic mass is 16.7. The van der Waals surface area contributed by atoms with Gasteiger partial charge in [0, 0.05) is 6.42 Å². The average Bonchev–Trinajstić information content (AvgIpc) is 3.69. The summed E-state index contributed by atoms with van der Waals surface area (Å²) in [7, 11) is 0. The molecule has 11 heteroatoms. The van der Waals surface area contributed by atoms with E-state index in [2.05, 4.69) is 99.0 Å². The summed E-state index contributed by atoms with van der Waals surface area (Å²) < 4.78 is 17.7. The maximum atomic E-state index is 13.5. The van der Waals surface area contributed by atoms with Crippen molar-refractivity contribution in [3.8, 4) is 0 Å². The van der Waals surface area contributed by atoms with Crippen molar-refractivity contribution in [1.82, 2.24) is 5.32 Å². The molecule has 11 nitrogen and oxygen atoms in total. The van der Waals surface area contributed by atoms with Crippen molar-refractivity contribution < 1.29 is 49.3 Å². The van der Waals surface area contributed by atoms with E-state index in [0.717, 1.165) is 96.3 Å². The van der Waals surface area contributed by atoms with Gasteiger partial charge in [-0.3, -0.25) is 9.59 Å². The molecule has 1 heterocycles. The highest BCUT2D eigenvalue weighted by Crippen LogP contribution is 2.26. The van der Waals surface area contributed by atoms with E-state index in [4.69, 9.17) is 14.2 Å². The lowest BCUT2D eigenvalue weighted by Crippen LogP contribution is -2.61. The number of amides is 1. The monoisotopic (exact) mass is 1190 g/mol. The highest BCUT2D eigenvalue weighted by molar-refractivity contribution is 5.80. The van der Waals surface area contributed by atoms with E-state index in [9.17, 15) is 35.1 Å². The van der Waals surface area contributed by atoms with Crippen molar-refractivity contribution in [3.05, 3.63) is 85.1 Å². The van der Waals surface area contributed by atoms with Gasteiger partial charge in [-0.25, -0.2) is 0 Å². The van der Waals surface area contributed by atoms with E-state index in [1.165, 1.54) is 167 Å². The first-order valence-electron chi connectivity index (χ1n) is 35.4. The molecule has 0 aromatic heterocycles. The number of allylic oxidation sites excluding steroid dienone is 13. The average molecular weight is 1190 g/mol. The lowest BCUT2D eigenvalue weighted by atomic mass is 9.99. The summed E-state index contributed by atoms with van der Waals surface area (Å²) in [5.41, 5.74) is 0. The van der Waals surface area contributed by atoms with Crippen LogP contribution in [0.25, 0.3) is 0 Å². The molecule has 0 radical (unpaired) electrons. The second-order valence-corrected chi connectivity index (χ2v) is 24.2. The Morgan fingerprint density at radius 2 is 0.847 bits per heavy atom. The predicted molar refractivity (Wildman–Crippen MR) is 356 cm³/mol. The minimum Gasteiger partial charge on any atom is -0.454 e. The first kappa shape index (κ1) is 79.9. The molecule has 1 saturated heterocycles. The van der Waals surface area contributed by atoms with Crippen LogP contribution in [-0.4, -0.2) is 99.6 Å². The third-order valence-electron chi connectivity index (χ3n) is 16.3. The Bertz CT molecular complexity index is 1710. The molecule has 0 bridgehead atoms. The van der Waals surface area contributed by atoms with Gasteiger partial charge < -0.3 is 45.1 Å². The molecular formula is C74H131NO10. The van der Waals surface area contributed by atoms with E-state index in [-0.39, 0.29) is 19.4 Å². The summed E-state index contributed by atoms with van der Waals surface area (Å²) >= 11 is 0. The highest BCUT2D eigenvalue weighted by Gasteiger charge is 2.47. The fourth-order valence-electron chi connectivity index (χ4n) is 10.7. The number of aliphatic hydroxyl groups excluding tert-OH is 5. The molecule has 6 N–H and O–H groups in total. The topological polar surface area (TPSA) is 175 Å². The van der Waals surface area contributed by atoms with Gasteiger partial charge in [-0.05, 0) is 96.3 Å². The van der Waals surface area contributed by atoms with Crippen molar-refractivity contribution in [2.24, 2.45) is 0 Å². The Balaban J connectivity index is 2.57. The van der Waals surface area contributed by atoms with Gasteiger partial charge >= 0.3 is 5.97 Å². The molecular weight excluding hydrogens is 1060 g/mol. The molecule has 1 aliphatic rings. The molecule has 85 heavy (non-hydrogen) atoms. The molecule has 0 aliphatic carbocycles. The summed E-state index contributed by atoms with van der Waals surface area (Å²) in [6.07, 6.45) is 70.5. The van der Waals surface area contributed by atoms with Crippen molar-refractivity contribution in [2.75, 3.05) is 13.2 Å². The van der Waals surface area contributed by atoms with Gasteiger partial charge in [0.2, 0.25) is 5.91 Å². The Hall–Kier alpha value is -3.16. The normalized spacial score (nSPS) is 18.9. The van der Waals surface area contributed by atoms with Crippen LogP contribution in [0.15, 0.2) is 85.1 Å². The molecule has 0 spiro atoms. The molecule has 0 aromatic carbocycles. The Kier molecular flexibility index (Phi) is 57.4. The summed E-state index contributed by atoms with van der Waals surface area (Å²) in [6.45, 7) is 5.69. The number of rotatable bonds is 60. The summed E-state index contributed by atoms with van der Waals surface area (Å²) in [4.78, 5) is 26.7. The van der Waals surface area contributed by atoms with Crippen molar-refractivity contribution in [3.63, 3.8) is 0 Å². The van der Waals surface area contributed by atoms with Crippen LogP contribution in [0.3, 0.4) is 0 Å². The quantitative estimate of drug-likeness (QED) is 0.0195. The van der Waals surface area contributed by atoms with Crippen LogP contribution in [-0.2, 0) is 23.8 Å². The second-order valence-electron chi connectivity index (χ2n) is 24.2. The SMILES string of the molecule is CC/C=C\C/C=C\C/C=C\C/C=C\C/C=C\CCCCCCCCCCC(O)C(=O)NC(COC1OC(CO)C(O)C(O)C1OC(=O)CCCCCCCCCCCCC/C=C/CCCCCCCC)C(O)/C=C/CCCCCCCCCCC. The maximum absolute atomic E-state index is 13.5. The van der Waals surface area contributed by atoms with Gasteiger partial charge in [0.1, 0.15) is 24.4 Å². The summed E-state index contributed by atoms with van der Waals surface area (Å²) in [5.74, 6) is -1.20. The Labute approximate surface area is 521 Å².